The number of fused-ring (bicyclic) bond motifs is 1. The smallest absolute Gasteiger partial charge is 0.347 e. The van der Waals surface area contributed by atoms with E-state index in [2.05, 4.69) is 30.7 Å². The maximum absolute atomic E-state index is 12.8. The minimum absolute atomic E-state index is 0.0360. The third-order valence-corrected chi connectivity index (χ3v) is 5.10. The van der Waals surface area contributed by atoms with Gasteiger partial charge in [-0.05, 0) is 29.1 Å². The van der Waals surface area contributed by atoms with Gasteiger partial charge in [0.15, 0.2) is 11.5 Å². The van der Waals surface area contributed by atoms with Gasteiger partial charge in [-0.25, -0.2) is 9.97 Å². The van der Waals surface area contributed by atoms with Crippen LogP contribution >= 0.6 is 11.3 Å². The van der Waals surface area contributed by atoms with Crippen LogP contribution in [0, 0.1) is 0 Å². The van der Waals surface area contributed by atoms with E-state index < -0.39 is 17.8 Å². The Hall–Kier alpha value is -3.87. The Bertz CT molecular complexity index is 1300. The van der Waals surface area contributed by atoms with E-state index in [-0.39, 0.29) is 40.6 Å². The second-order valence-electron chi connectivity index (χ2n) is 6.59. The molecule has 2 amide bonds. The highest BCUT2D eigenvalue weighted by Crippen LogP contribution is 2.28. The van der Waals surface area contributed by atoms with E-state index in [1.165, 1.54) is 22.1 Å². The molecule has 0 saturated carbocycles. The SMILES string of the molecule is Cn1nc(NC(=O)c2ccsc2)c2ncnc(C(=O)NCc3ccnc(C(F)(F)F)c3)c21. The van der Waals surface area contributed by atoms with E-state index in [9.17, 15) is 22.8 Å². The molecule has 0 bridgehead atoms. The zero-order valence-electron chi connectivity index (χ0n) is 16.3. The van der Waals surface area contributed by atoms with E-state index in [0.29, 0.717) is 5.56 Å². The number of carbonyl (C=O) groups excluding carboxylic acids is 2. The van der Waals surface area contributed by atoms with Crippen molar-refractivity contribution in [1.29, 1.82) is 0 Å². The number of anilines is 1. The summed E-state index contributed by atoms with van der Waals surface area (Å²) in [5.41, 5.74) is 0.101. The molecule has 2 N–H and O–H groups in total. The van der Waals surface area contributed by atoms with Crippen LogP contribution in [0.5, 0.6) is 0 Å². The summed E-state index contributed by atoms with van der Waals surface area (Å²) in [5.74, 6) is -0.866. The first-order valence-electron chi connectivity index (χ1n) is 9.05. The van der Waals surface area contributed by atoms with Gasteiger partial charge in [0.2, 0.25) is 0 Å². The van der Waals surface area contributed by atoms with Gasteiger partial charge in [0.1, 0.15) is 23.1 Å². The van der Waals surface area contributed by atoms with Gasteiger partial charge in [-0.15, -0.1) is 0 Å². The van der Waals surface area contributed by atoms with Crippen molar-refractivity contribution in [3.05, 3.63) is 64.0 Å². The van der Waals surface area contributed by atoms with Crippen LogP contribution < -0.4 is 10.6 Å². The Kier molecular flexibility index (Phi) is 5.57. The van der Waals surface area contributed by atoms with E-state index in [0.717, 1.165) is 18.6 Å². The van der Waals surface area contributed by atoms with Crippen LogP contribution in [0.4, 0.5) is 19.0 Å². The highest BCUT2D eigenvalue weighted by Gasteiger charge is 2.32. The van der Waals surface area contributed by atoms with Gasteiger partial charge in [-0.2, -0.15) is 29.6 Å². The standard InChI is InChI=1S/C19H14F3N7O2S/c1-29-15-13(16(28-29)27-17(30)11-3-5-32-8-11)25-9-26-14(15)18(31)24-7-10-2-4-23-12(6-10)19(20,21)22/h2-6,8-9H,7H2,1H3,(H,24,31)(H,27,28,30). The number of alkyl halides is 3. The molecule has 0 spiro atoms. The number of carbonyl (C=O) groups is 2. The largest absolute Gasteiger partial charge is 0.433 e. The van der Waals surface area contributed by atoms with E-state index in [1.54, 1.807) is 23.9 Å². The summed E-state index contributed by atoms with van der Waals surface area (Å²) in [4.78, 5) is 36.5. The number of amides is 2. The molecule has 13 heteroatoms. The Morgan fingerprint density at radius 1 is 1.16 bits per heavy atom. The molecule has 0 unspecified atom stereocenters. The third-order valence-electron chi connectivity index (χ3n) is 4.42. The number of aryl methyl sites for hydroxylation is 1. The van der Waals surface area contributed by atoms with Crippen LogP contribution in [0.2, 0.25) is 0 Å². The minimum Gasteiger partial charge on any atom is -0.347 e. The molecule has 0 radical (unpaired) electrons. The van der Waals surface area contributed by atoms with Gasteiger partial charge in [0.05, 0.1) is 5.56 Å². The average Bonchev–Trinajstić information content (AvgIpc) is 3.40. The average molecular weight is 461 g/mol. The first-order chi connectivity index (χ1) is 15.2. The number of nitrogens with zero attached hydrogens (tertiary/aromatic N) is 5. The second kappa shape index (κ2) is 8.34. The number of aromatic nitrogens is 5. The van der Waals surface area contributed by atoms with Crippen LogP contribution in [-0.2, 0) is 19.8 Å². The number of thiophene rings is 1. The fourth-order valence-electron chi connectivity index (χ4n) is 2.94. The molecule has 0 atom stereocenters. The van der Waals surface area contributed by atoms with Crippen molar-refractivity contribution in [2.75, 3.05) is 5.32 Å². The predicted octanol–water partition coefficient (Wildman–Crippen LogP) is 3.02. The van der Waals surface area contributed by atoms with Gasteiger partial charge < -0.3 is 10.6 Å². The molecule has 4 aromatic rings. The monoisotopic (exact) mass is 461 g/mol. The lowest BCUT2D eigenvalue weighted by Crippen LogP contribution is -2.25. The summed E-state index contributed by atoms with van der Waals surface area (Å²) in [5, 5.41) is 12.8. The molecule has 4 rings (SSSR count). The number of nitrogens with one attached hydrogen (secondary N) is 2. The zero-order valence-corrected chi connectivity index (χ0v) is 17.2. The highest BCUT2D eigenvalue weighted by atomic mass is 32.1. The van der Waals surface area contributed by atoms with Gasteiger partial charge >= 0.3 is 6.18 Å². The topological polar surface area (TPSA) is 115 Å². The summed E-state index contributed by atoms with van der Waals surface area (Å²) < 4.78 is 39.8. The van der Waals surface area contributed by atoms with E-state index in [4.69, 9.17) is 0 Å². The molecule has 4 aromatic heterocycles. The maximum Gasteiger partial charge on any atom is 0.433 e. The van der Waals surface area contributed by atoms with Crippen LogP contribution in [0.25, 0.3) is 11.0 Å². The van der Waals surface area contributed by atoms with Crippen molar-refractivity contribution in [3.63, 3.8) is 0 Å². The molecular formula is C19H14F3N7O2S. The third kappa shape index (κ3) is 4.27. The molecule has 0 aliphatic carbocycles. The quantitative estimate of drug-likeness (QED) is 0.472. The molecule has 32 heavy (non-hydrogen) atoms. The lowest BCUT2D eigenvalue weighted by atomic mass is 10.2. The number of halogens is 3. The normalized spacial score (nSPS) is 11.5. The molecule has 9 nitrogen and oxygen atoms in total. The van der Waals surface area contributed by atoms with Crippen LogP contribution in [0.15, 0.2) is 41.5 Å². The molecule has 0 fully saturated rings. The highest BCUT2D eigenvalue weighted by molar-refractivity contribution is 7.08. The molecular weight excluding hydrogens is 447 g/mol. The van der Waals surface area contributed by atoms with Gasteiger partial charge in [0.25, 0.3) is 11.8 Å². The maximum atomic E-state index is 12.8. The summed E-state index contributed by atoms with van der Waals surface area (Å²) in [6.07, 6.45) is -2.42. The van der Waals surface area contributed by atoms with Crippen molar-refractivity contribution in [2.24, 2.45) is 7.05 Å². The van der Waals surface area contributed by atoms with Crippen molar-refractivity contribution in [1.82, 2.24) is 30.0 Å². The fourth-order valence-corrected chi connectivity index (χ4v) is 3.57. The number of pyridine rings is 1. The molecule has 164 valence electrons. The fraction of sp³-hybridized carbons (Fsp3) is 0.158. The van der Waals surface area contributed by atoms with Crippen molar-refractivity contribution in [3.8, 4) is 0 Å². The van der Waals surface area contributed by atoms with E-state index in [1.807, 2.05) is 0 Å². The predicted molar refractivity (Wildman–Crippen MR) is 109 cm³/mol. The number of hydrogen-bond acceptors (Lipinski definition) is 7. The van der Waals surface area contributed by atoms with Gasteiger partial charge in [0, 0.05) is 25.2 Å². The Labute approximate surface area is 182 Å². The van der Waals surface area contributed by atoms with Crippen molar-refractivity contribution >= 4 is 40.0 Å². The minimum atomic E-state index is -4.59. The zero-order chi connectivity index (χ0) is 22.9. The summed E-state index contributed by atoms with van der Waals surface area (Å²) in [6.45, 7) is -0.171. The second-order valence-corrected chi connectivity index (χ2v) is 7.37. The van der Waals surface area contributed by atoms with Crippen LogP contribution in [0.1, 0.15) is 32.1 Å². The Balaban J connectivity index is 1.56. The first kappa shape index (κ1) is 21.4. The molecule has 0 aliphatic rings. The Morgan fingerprint density at radius 3 is 2.69 bits per heavy atom. The molecule has 0 saturated heterocycles. The molecule has 4 heterocycles. The van der Waals surface area contributed by atoms with E-state index >= 15 is 0 Å². The molecule has 0 aliphatic heterocycles. The molecule has 0 aromatic carbocycles. The first-order valence-corrected chi connectivity index (χ1v) is 10.00. The van der Waals surface area contributed by atoms with Crippen LogP contribution in [-0.4, -0.2) is 36.5 Å². The Morgan fingerprint density at radius 2 is 1.97 bits per heavy atom. The summed E-state index contributed by atoms with van der Waals surface area (Å²) in [6, 6.07) is 3.88. The number of rotatable bonds is 5. The lowest BCUT2D eigenvalue weighted by molar-refractivity contribution is -0.141. The lowest BCUT2D eigenvalue weighted by Gasteiger charge is -2.09. The van der Waals surface area contributed by atoms with Gasteiger partial charge in [-0.3, -0.25) is 19.3 Å². The van der Waals surface area contributed by atoms with Crippen molar-refractivity contribution in [2.45, 2.75) is 12.7 Å². The summed E-state index contributed by atoms with van der Waals surface area (Å²) >= 11 is 1.37. The number of hydrogen-bond donors (Lipinski definition) is 2. The van der Waals surface area contributed by atoms with Gasteiger partial charge in [-0.1, -0.05) is 0 Å². The van der Waals surface area contributed by atoms with Crippen molar-refractivity contribution < 1.29 is 22.8 Å². The van der Waals surface area contributed by atoms with Crippen LogP contribution in [0.3, 0.4) is 0 Å². The summed E-state index contributed by atoms with van der Waals surface area (Å²) in [7, 11) is 1.56.